The van der Waals surface area contributed by atoms with Gasteiger partial charge in [0.1, 0.15) is 0 Å². The molecule has 1 aliphatic carbocycles. The van der Waals surface area contributed by atoms with E-state index in [1.54, 1.807) is 0 Å². The van der Waals surface area contributed by atoms with Gasteiger partial charge in [-0.2, -0.15) is 0 Å². The zero-order chi connectivity index (χ0) is 10.3. The molecular formula is C13H16ClN. The Labute approximate surface area is 95.8 Å². The number of rotatable bonds is 2. The maximum absolute atomic E-state index is 6.32. The van der Waals surface area contributed by atoms with Crippen LogP contribution >= 0.6 is 11.6 Å². The predicted octanol–water partition coefficient (Wildman–Crippen LogP) is 3.64. The van der Waals surface area contributed by atoms with E-state index >= 15 is 0 Å². The Morgan fingerprint density at radius 2 is 2.07 bits per heavy atom. The molecule has 1 atom stereocenters. The summed E-state index contributed by atoms with van der Waals surface area (Å²) >= 11 is 6.32. The van der Waals surface area contributed by atoms with E-state index in [4.69, 9.17) is 11.6 Å². The Hall–Kier alpha value is -0.530. The Kier molecular flexibility index (Phi) is 2.45. The average molecular weight is 222 g/mol. The minimum Gasteiger partial charge on any atom is -0.310 e. The summed E-state index contributed by atoms with van der Waals surface area (Å²) in [6.07, 6.45) is 5.17. The highest BCUT2D eigenvalue weighted by Gasteiger charge is 2.26. The molecular weight excluding hydrogens is 206 g/mol. The van der Waals surface area contributed by atoms with Gasteiger partial charge in [-0.15, -0.1) is 0 Å². The van der Waals surface area contributed by atoms with Crippen molar-refractivity contribution in [2.24, 2.45) is 0 Å². The van der Waals surface area contributed by atoms with Gasteiger partial charge in [0.05, 0.1) is 0 Å². The van der Waals surface area contributed by atoms with Gasteiger partial charge < -0.3 is 5.32 Å². The molecule has 1 saturated heterocycles. The molecule has 0 amide bonds. The fourth-order valence-corrected chi connectivity index (χ4v) is 2.80. The number of hydrogen-bond donors (Lipinski definition) is 1. The number of hydrogen-bond acceptors (Lipinski definition) is 1. The minimum atomic E-state index is 0.538. The molecule has 1 nitrogen and oxygen atoms in total. The van der Waals surface area contributed by atoms with Gasteiger partial charge >= 0.3 is 0 Å². The second-order valence-corrected chi connectivity index (χ2v) is 5.11. The van der Waals surface area contributed by atoms with E-state index in [-0.39, 0.29) is 0 Å². The first-order valence-electron chi connectivity index (χ1n) is 5.87. The van der Waals surface area contributed by atoms with Crippen molar-refractivity contribution in [3.63, 3.8) is 0 Å². The van der Waals surface area contributed by atoms with Gasteiger partial charge in [0.15, 0.2) is 0 Å². The molecule has 80 valence electrons. The summed E-state index contributed by atoms with van der Waals surface area (Å²) in [6.45, 7) is 1.15. The largest absolute Gasteiger partial charge is 0.310 e. The summed E-state index contributed by atoms with van der Waals surface area (Å²) in [7, 11) is 0. The second kappa shape index (κ2) is 3.80. The van der Waals surface area contributed by atoms with Crippen LogP contribution in [0.2, 0.25) is 5.02 Å². The van der Waals surface area contributed by atoms with E-state index in [1.165, 1.54) is 36.8 Å². The lowest BCUT2D eigenvalue weighted by Gasteiger charge is -2.12. The molecule has 0 bridgehead atoms. The number of benzene rings is 1. The molecule has 1 N–H and O–H groups in total. The molecule has 0 aromatic heterocycles. The maximum Gasteiger partial charge on any atom is 0.0444 e. The zero-order valence-electron chi connectivity index (χ0n) is 8.80. The summed E-state index contributed by atoms with van der Waals surface area (Å²) in [6, 6.07) is 7.19. The monoisotopic (exact) mass is 221 g/mol. The highest BCUT2D eigenvalue weighted by molar-refractivity contribution is 6.31. The van der Waals surface area contributed by atoms with Gasteiger partial charge in [-0.1, -0.05) is 23.7 Å². The molecule has 2 fully saturated rings. The summed E-state index contributed by atoms with van der Waals surface area (Å²) < 4.78 is 0. The molecule has 2 aliphatic rings. The van der Waals surface area contributed by atoms with Crippen molar-refractivity contribution in [2.45, 2.75) is 37.6 Å². The van der Waals surface area contributed by atoms with E-state index in [0.29, 0.717) is 6.04 Å². The maximum atomic E-state index is 6.32. The first kappa shape index (κ1) is 9.68. The van der Waals surface area contributed by atoms with Crippen molar-refractivity contribution in [1.82, 2.24) is 5.32 Å². The summed E-state index contributed by atoms with van der Waals surface area (Å²) in [4.78, 5) is 0. The van der Waals surface area contributed by atoms with E-state index in [0.717, 1.165) is 17.5 Å². The van der Waals surface area contributed by atoms with Crippen molar-refractivity contribution in [1.29, 1.82) is 0 Å². The van der Waals surface area contributed by atoms with Gasteiger partial charge in [0, 0.05) is 11.1 Å². The van der Waals surface area contributed by atoms with Crippen LogP contribution in [-0.4, -0.2) is 6.54 Å². The zero-order valence-corrected chi connectivity index (χ0v) is 9.56. The molecule has 1 aromatic rings. The fraction of sp³-hybridized carbons (Fsp3) is 0.538. The Morgan fingerprint density at radius 3 is 2.67 bits per heavy atom. The molecule has 1 aromatic carbocycles. The van der Waals surface area contributed by atoms with Gasteiger partial charge in [-0.3, -0.25) is 0 Å². The molecule has 2 heteroatoms. The summed E-state index contributed by atoms with van der Waals surface area (Å²) in [5, 5.41) is 4.48. The summed E-state index contributed by atoms with van der Waals surface area (Å²) in [5.41, 5.74) is 2.72. The lowest BCUT2D eigenvalue weighted by molar-refractivity contribution is 0.647. The van der Waals surface area contributed by atoms with Gasteiger partial charge in [-0.25, -0.2) is 0 Å². The van der Waals surface area contributed by atoms with E-state index < -0.39 is 0 Å². The van der Waals surface area contributed by atoms with Crippen LogP contribution in [0.3, 0.4) is 0 Å². The number of halogens is 1. The van der Waals surface area contributed by atoms with Crippen LogP contribution in [0.15, 0.2) is 18.2 Å². The molecule has 1 saturated carbocycles. The first-order chi connectivity index (χ1) is 7.34. The van der Waals surface area contributed by atoms with Crippen molar-refractivity contribution in [3.05, 3.63) is 34.3 Å². The topological polar surface area (TPSA) is 12.0 Å². The lowest BCUT2D eigenvalue weighted by Crippen LogP contribution is -2.12. The smallest absolute Gasteiger partial charge is 0.0444 e. The quantitative estimate of drug-likeness (QED) is 0.804. The van der Waals surface area contributed by atoms with Crippen molar-refractivity contribution < 1.29 is 0 Å². The van der Waals surface area contributed by atoms with Crippen molar-refractivity contribution in [3.8, 4) is 0 Å². The fourth-order valence-electron chi connectivity index (χ4n) is 2.45. The third-order valence-corrected chi connectivity index (χ3v) is 3.83. The van der Waals surface area contributed by atoms with Gasteiger partial charge in [0.2, 0.25) is 0 Å². The van der Waals surface area contributed by atoms with Crippen LogP contribution in [0, 0.1) is 0 Å². The van der Waals surface area contributed by atoms with E-state index in [1.807, 2.05) is 0 Å². The molecule has 0 spiro atoms. The van der Waals surface area contributed by atoms with E-state index in [2.05, 4.69) is 23.5 Å². The van der Waals surface area contributed by atoms with Crippen molar-refractivity contribution >= 4 is 11.6 Å². The second-order valence-electron chi connectivity index (χ2n) is 4.70. The average Bonchev–Trinajstić information content (AvgIpc) is 2.93. The standard InChI is InChI=1S/C13H16ClN/c14-12-8-10(13-2-1-7-15-13)5-6-11(12)9-3-4-9/h5-6,8-9,13,15H,1-4,7H2. The molecule has 0 radical (unpaired) electrons. The van der Waals surface area contributed by atoms with Crippen LogP contribution in [-0.2, 0) is 0 Å². The van der Waals surface area contributed by atoms with Crippen LogP contribution in [0.5, 0.6) is 0 Å². The third kappa shape index (κ3) is 1.91. The van der Waals surface area contributed by atoms with Gasteiger partial charge in [0.25, 0.3) is 0 Å². The summed E-state index contributed by atoms with van der Waals surface area (Å²) in [5.74, 6) is 0.753. The van der Waals surface area contributed by atoms with Crippen LogP contribution in [0.4, 0.5) is 0 Å². The third-order valence-electron chi connectivity index (χ3n) is 3.50. The molecule has 1 heterocycles. The Morgan fingerprint density at radius 1 is 1.20 bits per heavy atom. The lowest BCUT2D eigenvalue weighted by atomic mass is 10.0. The Bertz CT molecular complexity index is 365. The minimum absolute atomic E-state index is 0.538. The van der Waals surface area contributed by atoms with Crippen molar-refractivity contribution in [2.75, 3.05) is 6.54 Å². The van der Waals surface area contributed by atoms with Crippen LogP contribution < -0.4 is 5.32 Å². The molecule has 3 rings (SSSR count). The number of nitrogens with one attached hydrogen (secondary N) is 1. The normalized spacial score (nSPS) is 25.8. The Balaban J connectivity index is 1.87. The first-order valence-corrected chi connectivity index (χ1v) is 6.25. The molecule has 1 aliphatic heterocycles. The van der Waals surface area contributed by atoms with Crippen LogP contribution in [0.1, 0.15) is 48.8 Å². The highest BCUT2D eigenvalue weighted by atomic mass is 35.5. The predicted molar refractivity (Wildman–Crippen MR) is 63.4 cm³/mol. The van der Waals surface area contributed by atoms with Gasteiger partial charge in [-0.05, 0) is 55.3 Å². The SMILES string of the molecule is Clc1cc(C2CCCN2)ccc1C1CC1. The van der Waals surface area contributed by atoms with Crippen LogP contribution in [0.25, 0.3) is 0 Å². The van der Waals surface area contributed by atoms with E-state index in [9.17, 15) is 0 Å². The molecule has 15 heavy (non-hydrogen) atoms. The highest BCUT2D eigenvalue weighted by Crippen LogP contribution is 2.43. The molecule has 1 unspecified atom stereocenters.